The first kappa shape index (κ1) is 15.2. The molecule has 0 amide bonds. The van der Waals surface area contributed by atoms with Gasteiger partial charge in [-0.2, -0.15) is 0 Å². The van der Waals surface area contributed by atoms with Gasteiger partial charge in [-0.05, 0) is 35.1 Å². The zero-order chi connectivity index (χ0) is 13.3. The van der Waals surface area contributed by atoms with E-state index >= 15 is 0 Å². The van der Waals surface area contributed by atoms with Gasteiger partial charge in [0.1, 0.15) is 6.10 Å². The highest BCUT2D eigenvalue weighted by Gasteiger charge is 2.45. The van der Waals surface area contributed by atoms with Crippen molar-refractivity contribution in [2.24, 2.45) is 0 Å². The third kappa shape index (κ3) is 3.13. The number of aliphatic hydroxyl groups excluding tert-OH is 1. The zero-order valence-corrected chi connectivity index (χ0v) is 13.3. The monoisotopic (exact) mass is 388 g/mol. The first-order valence-corrected chi connectivity index (χ1v) is 8.18. The predicted octanol–water partition coefficient (Wildman–Crippen LogP) is 2.79. The Kier molecular flexibility index (Phi) is 4.85. The largest absolute Gasteiger partial charge is 0.385 e. The van der Waals surface area contributed by atoms with Crippen LogP contribution in [0.3, 0.4) is 0 Å². The van der Waals surface area contributed by atoms with E-state index in [2.05, 4.69) is 0 Å². The van der Waals surface area contributed by atoms with Crippen molar-refractivity contribution in [1.29, 1.82) is 0 Å². The van der Waals surface area contributed by atoms with Crippen molar-refractivity contribution >= 4 is 44.0 Å². The van der Waals surface area contributed by atoms with Gasteiger partial charge in [-0.3, -0.25) is 0 Å². The van der Waals surface area contributed by atoms with Gasteiger partial charge < -0.3 is 5.11 Å². The van der Waals surface area contributed by atoms with Crippen LogP contribution in [0.1, 0.15) is 24.2 Å². The molecule has 3 nitrogen and oxygen atoms in total. The SMILES string of the molecule is CCS(=O)(=O)[C@@](Cl)(I)[C@H](O)c1ccc(C)cc1. The standard InChI is InChI=1S/C11H14ClIO3S/c1-3-17(15,16)11(12,13)10(14)9-6-4-8(2)5-7-9/h4-7,10,14H,3H2,1-2H3/t10-,11+/m1/s1. The number of aliphatic hydroxyl groups is 1. The first-order chi connectivity index (χ1) is 7.72. The van der Waals surface area contributed by atoms with E-state index in [1.165, 1.54) is 6.92 Å². The highest BCUT2D eigenvalue weighted by Crippen LogP contribution is 2.43. The minimum absolute atomic E-state index is 0.109. The van der Waals surface area contributed by atoms with Gasteiger partial charge in [-0.1, -0.05) is 48.4 Å². The molecule has 1 N–H and O–H groups in total. The van der Waals surface area contributed by atoms with Gasteiger partial charge in [0, 0.05) is 0 Å². The van der Waals surface area contributed by atoms with Crippen LogP contribution in [-0.2, 0) is 9.84 Å². The lowest BCUT2D eigenvalue weighted by molar-refractivity contribution is 0.187. The molecule has 0 saturated carbocycles. The minimum Gasteiger partial charge on any atom is -0.385 e. The van der Waals surface area contributed by atoms with E-state index in [-0.39, 0.29) is 5.75 Å². The van der Waals surface area contributed by atoms with E-state index < -0.39 is 18.2 Å². The molecular weight excluding hydrogens is 375 g/mol. The number of hydrogen-bond acceptors (Lipinski definition) is 3. The topological polar surface area (TPSA) is 54.4 Å². The van der Waals surface area contributed by atoms with E-state index in [1.54, 1.807) is 46.9 Å². The predicted molar refractivity (Wildman–Crippen MR) is 78.2 cm³/mol. The fourth-order valence-corrected chi connectivity index (χ4v) is 3.91. The summed E-state index contributed by atoms with van der Waals surface area (Å²) < 4.78 is 21.9. The Hall–Kier alpha value is 0.150. The van der Waals surface area contributed by atoms with Crippen LogP contribution in [0.4, 0.5) is 0 Å². The molecule has 0 radical (unpaired) electrons. The number of hydrogen-bond donors (Lipinski definition) is 1. The van der Waals surface area contributed by atoms with Crippen molar-refractivity contribution in [2.75, 3.05) is 5.75 Å². The van der Waals surface area contributed by atoms with Crippen molar-refractivity contribution in [3.05, 3.63) is 35.4 Å². The van der Waals surface area contributed by atoms with Crippen LogP contribution in [-0.4, -0.2) is 21.5 Å². The van der Waals surface area contributed by atoms with Crippen molar-refractivity contribution in [3.63, 3.8) is 0 Å². The minimum atomic E-state index is -3.55. The molecule has 0 unspecified atom stereocenters. The average Bonchev–Trinajstić information content (AvgIpc) is 2.28. The molecule has 96 valence electrons. The van der Waals surface area contributed by atoms with Crippen molar-refractivity contribution in [1.82, 2.24) is 0 Å². The fourth-order valence-electron chi connectivity index (χ4n) is 1.31. The van der Waals surface area contributed by atoms with Gasteiger partial charge in [0.2, 0.25) is 2.21 Å². The molecule has 0 fully saturated rings. The molecule has 0 aliphatic heterocycles. The fraction of sp³-hybridized carbons (Fsp3) is 0.455. The molecule has 2 atom stereocenters. The van der Waals surface area contributed by atoms with Crippen LogP contribution in [0.25, 0.3) is 0 Å². The van der Waals surface area contributed by atoms with E-state index in [0.717, 1.165) is 5.56 Å². The Morgan fingerprint density at radius 3 is 2.29 bits per heavy atom. The number of aryl methyl sites for hydroxylation is 1. The molecule has 0 aliphatic rings. The first-order valence-electron chi connectivity index (χ1n) is 5.07. The molecular formula is C11H14ClIO3S. The quantitative estimate of drug-likeness (QED) is 0.637. The summed E-state index contributed by atoms with van der Waals surface area (Å²) in [5, 5.41) is 10.1. The molecule has 17 heavy (non-hydrogen) atoms. The highest BCUT2D eigenvalue weighted by atomic mass is 127. The lowest BCUT2D eigenvalue weighted by atomic mass is 10.1. The van der Waals surface area contributed by atoms with Gasteiger partial charge in [0.25, 0.3) is 0 Å². The summed E-state index contributed by atoms with van der Waals surface area (Å²) >= 11 is 7.59. The van der Waals surface area contributed by atoms with Crippen LogP contribution < -0.4 is 0 Å². The van der Waals surface area contributed by atoms with Crippen LogP contribution in [0, 0.1) is 6.92 Å². The molecule has 0 aromatic heterocycles. The zero-order valence-electron chi connectivity index (χ0n) is 9.52. The van der Waals surface area contributed by atoms with E-state index in [1.807, 2.05) is 6.92 Å². The van der Waals surface area contributed by atoms with Crippen LogP contribution >= 0.6 is 34.2 Å². The third-order valence-corrected chi connectivity index (χ3v) is 7.83. The Labute approximate surface area is 120 Å². The van der Waals surface area contributed by atoms with Crippen LogP contribution in [0.15, 0.2) is 24.3 Å². The van der Waals surface area contributed by atoms with Crippen molar-refractivity contribution in [2.45, 2.75) is 22.2 Å². The van der Waals surface area contributed by atoms with Gasteiger partial charge >= 0.3 is 0 Å². The molecule has 1 rings (SSSR count). The highest BCUT2D eigenvalue weighted by molar-refractivity contribution is 14.1. The molecule has 0 bridgehead atoms. The Balaban J connectivity index is 3.12. The molecule has 1 aromatic rings. The number of halogens is 2. The summed E-state index contributed by atoms with van der Waals surface area (Å²) in [7, 11) is -3.55. The van der Waals surface area contributed by atoms with Crippen molar-refractivity contribution in [3.8, 4) is 0 Å². The average molecular weight is 389 g/mol. The lowest BCUT2D eigenvalue weighted by Crippen LogP contribution is -2.34. The molecule has 0 heterocycles. The van der Waals surface area contributed by atoms with Crippen LogP contribution in [0.2, 0.25) is 0 Å². The molecule has 1 aromatic carbocycles. The Bertz CT molecular complexity index is 482. The lowest BCUT2D eigenvalue weighted by Gasteiger charge is -2.26. The van der Waals surface area contributed by atoms with Gasteiger partial charge in [-0.15, -0.1) is 0 Å². The van der Waals surface area contributed by atoms with Crippen LogP contribution in [0.5, 0.6) is 0 Å². The van der Waals surface area contributed by atoms with Crippen molar-refractivity contribution < 1.29 is 13.5 Å². The van der Waals surface area contributed by atoms with Gasteiger partial charge in [0.05, 0.1) is 5.75 Å². The molecule has 0 spiro atoms. The van der Waals surface area contributed by atoms with Gasteiger partial charge in [-0.25, -0.2) is 8.42 Å². The second-order valence-corrected chi connectivity index (χ2v) is 10.1. The maximum Gasteiger partial charge on any atom is 0.225 e. The van der Waals surface area contributed by atoms with E-state index in [9.17, 15) is 13.5 Å². The second kappa shape index (κ2) is 5.42. The summed E-state index contributed by atoms with van der Waals surface area (Å²) in [4.78, 5) is 0. The van der Waals surface area contributed by atoms with E-state index in [4.69, 9.17) is 11.6 Å². The third-order valence-electron chi connectivity index (χ3n) is 2.51. The number of sulfone groups is 1. The summed E-state index contributed by atoms with van der Waals surface area (Å²) in [5.41, 5.74) is 1.53. The maximum atomic E-state index is 11.8. The molecule has 0 aliphatic carbocycles. The molecule has 6 heteroatoms. The summed E-state index contributed by atoms with van der Waals surface area (Å²) in [6, 6.07) is 6.98. The Morgan fingerprint density at radius 1 is 1.41 bits per heavy atom. The number of rotatable bonds is 4. The number of alkyl halides is 2. The second-order valence-electron chi connectivity index (χ2n) is 3.78. The smallest absolute Gasteiger partial charge is 0.225 e. The van der Waals surface area contributed by atoms with E-state index in [0.29, 0.717) is 5.56 Å². The summed E-state index contributed by atoms with van der Waals surface area (Å²) in [6.45, 7) is 3.42. The maximum absolute atomic E-state index is 11.8. The van der Waals surface area contributed by atoms with Gasteiger partial charge in [0.15, 0.2) is 9.84 Å². The Morgan fingerprint density at radius 2 is 1.88 bits per heavy atom. The normalized spacial score (nSPS) is 17.5. The summed E-state index contributed by atoms with van der Waals surface area (Å²) in [5.74, 6) is -0.109. The number of benzene rings is 1. The summed E-state index contributed by atoms with van der Waals surface area (Å²) in [6.07, 6.45) is -1.25. The molecule has 0 saturated heterocycles.